The third-order valence-electron chi connectivity index (χ3n) is 4.04. The molecule has 6 nitrogen and oxygen atoms in total. The highest BCUT2D eigenvalue weighted by atomic mass is 35.5. The lowest BCUT2D eigenvalue weighted by molar-refractivity contribution is 0.102. The van der Waals surface area contributed by atoms with Crippen molar-refractivity contribution in [1.82, 2.24) is 14.8 Å². The van der Waals surface area contributed by atoms with Gasteiger partial charge in [0, 0.05) is 6.07 Å². The van der Waals surface area contributed by atoms with Crippen LogP contribution in [0.25, 0.3) is 15.3 Å². The lowest BCUT2D eigenvalue weighted by Crippen LogP contribution is -2.15. The van der Waals surface area contributed by atoms with Gasteiger partial charge in [-0.15, -0.1) is 0 Å². The van der Waals surface area contributed by atoms with Crippen LogP contribution in [-0.4, -0.2) is 27.3 Å². The van der Waals surface area contributed by atoms with E-state index in [0.717, 1.165) is 21.7 Å². The smallest absolute Gasteiger partial charge is 0.258 e. The van der Waals surface area contributed by atoms with E-state index in [1.807, 2.05) is 32.0 Å². The van der Waals surface area contributed by atoms with E-state index in [4.69, 9.17) is 16.3 Å². The van der Waals surface area contributed by atoms with Gasteiger partial charge in [-0.3, -0.25) is 4.79 Å². The molecule has 0 fully saturated rings. The van der Waals surface area contributed by atoms with Crippen LogP contribution in [0.3, 0.4) is 0 Å². The van der Waals surface area contributed by atoms with Gasteiger partial charge in [-0.05, 0) is 38.1 Å². The number of aromatic nitrogens is 3. The van der Waals surface area contributed by atoms with Crippen LogP contribution in [0, 0.1) is 6.92 Å². The van der Waals surface area contributed by atoms with Crippen LogP contribution in [0.2, 0.25) is 5.02 Å². The summed E-state index contributed by atoms with van der Waals surface area (Å²) in [5, 5.41) is 8.42. The van der Waals surface area contributed by atoms with E-state index in [-0.39, 0.29) is 5.91 Å². The molecule has 0 spiro atoms. The van der Waals surface area contributed by atoms with Gasteiger partial charge in [-0.25, -0.2) is 4.98 Å². The molecule has 0 saturated heterocycles. The molecule has 4 aromatic rings. The third-order valence-corrected chi connectivity index (χ3v) is 5.37. The molecule has 0 aliphatic heterocycles. The first-order valence-corrected chi connectivity index (χ1v) is 9.91. The fourth-order valence-corrected chi connectivity index (χ4v) is 4.01. The fraction of sp³-hybridized carbons (Fsp3) is 0.150. The maximum Gasteiger partial charge on any atom is 0.258 e. The third kappa shape index (κ3) is 3.46. The maximum atomic E-state index is 12.7. The number of nitrogens with zero attached hydrogens (tertiary/aromatic N) is 3. The number of rotatable bonds is 5. The quantitative estimate of drug-likeness (QED) is 0.495. The molecule has 28 heavy (non-hydrogen) atoms. The van der Waals surface area contributed by atoms with Crippen LogP contribution in [0.15, 0.2) is 48.5 Å². The fourth-order valence-electron chi connectivity index (χ4n) is 2.84. The number of hydrogen-bond donors (Lipinski definition) is 1. The Morgan fingerprint density at radius 1 is 1.25 bits per heavy atom. The minimum Gasteiger partial charge on any atom is -0.492 e. The van der Waals surface area contributed by atoms with E-state index < -0.39 is 0 Å². The second-order valence-electron chi connectivity index (χ2n) is 6.05. The van der Waals surface area contributed by atoms with Gasteiger partial charge in [0.15, 0.2) is 0 Å². The van der Waals surface area contributed by atoms with Gasteiger partial charge in [0.1, 0.15) is 17.1 Å². The van der Waals surface area contributed by atoms with Gasteiger partial charge in [0.25, 0.3) is 5.91 Å². The zero-order valence-electron chi connectivity index (χ0n) is 15.3. The number of ether oxygens (including phenoxy) is 1. The minimum absolute atomic E-state index is 0.303. The molecule has 0 atom stereocenters. The van der Waals surface area contributed by atoms with E-state index in [1.165, 1.54) is 11.3 Å². The molecule has 2 aromatic carbocycles. The topological polar surface area (TPSA) is 69.0 Å². The highest BCUT2D eigenvalue weighted by molar-refractivity contribution is 7.20. The largest absolute Gasteiger partial charge is 0.492 e. The number of thiazole rings is 1. The minimum atomic E-state index is -0.303. The molecule has 0 saturated carbocycles. The summed E-state index contributed by atoms with van der Waals surface area (Å²) in [6.45, 7) is 4.36. The first-order valence-electron chi connectivity index (χ1n) is 8.72. The summed E-state index contributed by atoms with van der Waals surface area (Å²) >= 11 is 7.62. The Labute approximate surface area is 170 Å². The van der Waals surface area contributed by atoms with Crippen LogP contribution < -0.4 is 10.1 Å². The molecule has 2 heterocycles. The summed E-state index contributed by atoms with van der Waals surface area (Å²) in [6.07, 6.45) is 0. The molecule has 8 heteroatoms. The van der Waals surface area contributed by atoms with Crippen LogP contribution in [0.4, 0.5) is 5.82 Å². The number of para-hydroxylation sites is 1. The Balaban J connectivity index is 1.72. The Bertz CT molecular complexity index is 1170. The summed E-state index contributed by atoms with van der Waals surface area (Å²) in [6, 6.07) is 14.5. The average molecular weight is 413 g/mol. The van der Waals surface area contributed by atoms with Crippen molar-refractivity contribution in [3.8, 4) is 10.9 Å². The van der Waals surface area contributed by atoms with Gasteiger partial charge in [-0.2, -0.15) is 9.78 Å². The van der Waals surface area contributed by atoms with Crippen molar-refractivity contribution < 1.29 is 9.53 Å². The molecule has 1 N–H and O–H groups in total. The lowest BCUT2D eigenvalue weighted by Gasteiger charge is -2.07. The molecule has 142 valence electrons. The zero-order chi connectivity index (χ0) is 19.7. The molecule has 0 aliphatic rings. The van der Waals surface area contributed by atoms with Crippen molar-refractivity contribution in [3.63, 3.8) is 0 Å². The number of amides is 1. The summed E-state index contributed by atoms with van der Waals surface area (Å²) < 4.78 is 8.28. The van der Waals surface area contributed by atoms with Gasteiger partial charge in [0.2, 0.25) is 5.13 Å². The molecule has 0 radical (unpaired) electrons. The lowest BCUT2D eigenvalue weighted by atomic mass is 10.2. The number of nitrogens with one attached hydrogen (secondary N) is 1. The molecule has 0 bridgehead atoms. The number of anilines is 1. The molecular weight excluding hydrogens is 396 g/mol. The predicted molar refractivity (Wildman–Crippen MR) is 112 cm³/mol. The zero-order valence-corrected chi connectivity index (χ0v) is 16.8. The number of halogens is 1. The summed E-state index contributed by atoms with van der Waals surface area (Å²) in [4.78, 5) is 17.4. The van der Waals surface area contributed by atoms with Crippen molar-refractivity contribution >= 4 is 44.9 Å². The Hall–Kier alpha value is -2.90. The van der Waals surface area contributed by atoms with Crippen molar-refractivity contribution in [1.29, 1.82) is 0 Å². The molecule has 1 amide bonds. The number of carbonyl (C=O) groups is 1. The maximum absolute atomic E-state index is 12.7. The SMILES string of the molecule is CCOc1cccc2sc(-n3nc(C)cc3NC(=O)c3ccccc3Cl)nc12. The van der Waals surface area contributed by atoms with Crippen molar-refractivity contribution in [2.75, 3.05) is 11.9 Å². The molecule has 0 unspecified atom stereocenters. The first-order chi connectivity index (χ1) is 13.6. The highest BCUT2D eigenvalue weighted by Crippen LogP contribution is 2.32. The van der Waals surface area contributed by atoms with Gasteiger partial charge < -0.3 is 10.1 Å². The van der Waals surface area contributed by atoms with Gasteiger partial charge in [0.05, 0.1) is 27.6 Å². The molecule has 2 aromatic heterocycles. The Morgan fingerprint density at radius 3 is 2.86 bits per heavy atom. The van der Waals surface area contributed by atoms with E-state index in [2.05, 4.69) is 15.4 Å². The number of benzene rings is 2. The van der Waals surface area contributed by atoms with Gasteiger partial charge >= 0.3 is 0 Å². The summed E-state index contributed by atoms with van der Waals surface area (Å²) in [5.41, 5.74) is 1.94. The highest BCUT2D eigenvalue weighted by Gasteiger charge is 2.17. The first kappa shape index (κ1) is 18.5. The second-order valence-corrected chi connectivity index (χ2v) is 7.47. The van der Waals surface area contributed by atoms with Crippen molar-refractivity contribution in [2.24, 2.45) is 0 Å². The number of carbonyl (C=O) groups excluding carboxylic acids is 1. The summed E-state index contributed by atoms with van der Waals surface area (Å²) in [5.74, 6) is 0.954. The second kappa shape index (κ2) is 7.61. The number of fused-ring (bicyclic) bond motifs is 1. The molecule has 0 aliphatic carbocycles. The monoisotopic (exact) mass is 412 g/mol. The number of aryl methyl sites for hydroxylation is 1. The van der Waals surface area contributed by atoms with Crippen LogP contribution in [0.1, 0.15) is 23.0 Å². The van der Waals surface area contributed by atoms with Crippen LogP contribution in [0.5, 0.6) is 5.75 Å². The van der Waals surface area contributed by atoms with Crippen molar-refractivity contribution in [3.05, 3.63) is 64.8 Å². The van der Waals surface area contributed by atoms with E-state index in [0.29, 0.717) is 28.1 Å². The normalized spacial score (nSPS) is 11.0. The number of hydrogen-bond acceptors (Lipinski definition) is 5. The van der Waals surface area contributed by atoms with Crippen LogP contribution in [-0.2, 0) is 0 Å². The van der Waals surface area contributed by atoms with Crippen LogP contribution >= 0.6 is 22.9 Å². The summed E-state index contributed by atoms with van der Waals surface area (Å²) in [7, 11) is 0. The van der Waals surface area contributed by atoms with E-state index >= 15 is 0 Å². The Kier molecular flexibility index (Phi) is 5.02. The predicted octanol–water partition coefficient (Wildman–Crippen LogP) is 5.09. The average Bonchev–Trinajstić information content (AvgIpc) is 3.26. The van der Waals surface area contributed by atoms with E-state index in [1.54, 1.807) is 35.0 Å². The van der Waals surface area contributed by atoms with E-state index in [9.17, 15) is 4.79 Å². The molecular formula is C20H17ClN4O2S. The standard InChI is InChI=1S/C20H17ClN4O2S/c1-3-27-15-9-6-10-16-18(15)23-20(28-16)25-17(11-12(2)24-25)22-19(26)13-7-4-5-8-14(13)21/h4-11H,3H2,1-2H3,(H,22,26). The van der Waals surface area contributed by atoms with Gasteiger partial charge in [-0.1, -0.05) is 41.1 Å². The van der Waals surface area contributed by atoms with Crippen molar-refractivity contribution in [2.45, 2.75) is 13.8 Å². The Morgan fingerprint density at radius 2 is 2.07 bits per heavy atom. The molecule has 4 rings (SSSR count).